The van der Waals surface area contributed by atoms with Crippen molar-refractivity contribution in [2.75, 3.05) is 5.88 Å². The molecule has 0 saturated carbocycles. The maximum absolute atomic E-state index is 12.0. The molecule has 0 aliphatic rings. The van der Waals surface area contributed by atoms with Gasteiger partial charge >= 0.3 is 0 Å². The molecule has 1 heterocycles. The summed E-state index contributed by atoms with van der Waals surface area (Å²) in [6.07, 6.45) is 4.36. The van der Waals surface area contributed by atoms with E-state index in [0.717, 1.165) is 10.9 Å². The van der Waals surface area contributed by atoms with Gasteiger partial charge in [0.05, 0.1) is 0 Å². The van der Waals surface area contributed by atoms with Crippen molar-refractivity contribution in [3.63, 3.8) is 0 Å². The van der Waals surface area contributed by atoms with E-state index in [1.54, 1.807) is 30.7 Å². The molecule has 0 bridgehead atoms. The Balaban J connectivity index is 2.36. The van der Waals surface area contributed by atoms with E-state index in [9.17, 15) is 4.79 Å². The van der Waals surface area contributed by atoms with Crippen LogP contribution in [0.3, 0.4) is 0 Å². The highest BCUT2D eigenvalue weighted by molar-refractivity contribution is 6.18. The van der Waals surface area contributed by atoms with Gasteiger partial charge in [-0.3, -0.25) is 4.79 Å². The molecular weight excluding hydrogens is 252 g/mol. The van der Waals surface area contributed by atoms with Crippen LogP contribution in [0.25, 0.3) is 10.9 Å². The number of halogens is 1. The van der Waals surface area contributed by atoms with Crippen molar-refractivity contribution in [3.05, 3.63) is 30.0 Å². The van der Waals surface area contributed by atoms with Crippen LogP contribution in [0.1, 0.15) is 23.2 Å². The molecule has 0 radical (unpaired) electrons. The van der Waals surface area contributed by atoms with E-state index in [0.29, 0.717) is 30.0 Å². The fraction of sp³-hybridized carbons (Fsp3) is 0.231. The third-order valence-electron chi connectivity index (χ3n) is 2.65. The summed E-state index contributed by atoms with van der Waals surface area (Å²) in [7, 11) is 0. The number of aromatic nitrogens is 1. The molecule has 2 aromatic rings. The molecule has 0 fully saturated rings. The summed E-state index contributed by atoms with van der Waals surface area (Å²) >= 11 is 5.58. The Morgan fingerprint density at radius 3 is 3.06 bits per heavy atom. The average Bonchev–Trinajstić information content (AvgIpc) is 2.79. The van der Waals surface area contributed by atoms with Crippen LogP contribution in [-0.2, 0) is 0 Å². The van der Waals surface area contributed by atoms with Gasteiger partial charge in [0.1, 0.15) is 5.75 Å². The van der Waals surface area contributed by atoms with Crippen molar-refractivity contribution in [1.29, 1.82) is 5.26 Å². The lowest BCUT2D eigenvalue weighted by Gasteiger charge is -1.99. The largest absolute Gasteiger partial charge is 0.388 e. The Hall–Kier alpha value is -1.99. The lowest BCUT2D eigenvalue weighted by Crippen LogP contribution is -1.98. The maximum atomic E-state index is 12.0. The Morgan fingerprint density at radius 2 is 2.33 bits per heavy atom. The van der Waals surface area contributed by atoms with Crippen LogP contribution in [0.2, 0.25) is 0 Å². The zero-order valence-electron chi connectivity index (χ0n) is 9.57. The normalized spacial score (nSPS) is 10.2. The number of ketones is 1. The number of nitrogens with zero attached hydrogens (tertiary/aromatic N) is 1. The predicted molar refractivity (Wildman–Crippen MR) is 68.8 cm³/mol. The number of fused-ring (bicyclic) bond motifs is 1. The number of hydrogen-bond acceptors (Lipinski definition) is 3. The summed E-state index contributed by atoms with van der Waals surface area (Å²) in [5, 5.41) is 9.24. The van der Waals surface area contributed by atoms with Crippen molar-refractivity contribution in [3.8, 4) is 12.0 Å². The molecule has 1 aromatic carbocycles. The van der Waals surface area contributed by atoms with Crippen LogP contribution in [0.15, 0.2) is 24.4 Å². The molecule has 0 atom stereocenters. The van der Waals surface area contributed by atoms with Crippen LogP contribution >= 0.6 is 11.6 Å². The first-order valence-electron chi connectivity index (χ1n) is 5.52. The standard InChI is InChI=1S/C13H11ClN2O2/c14-5-1-2-13(17)11-7-16-12-4-3-9(18-8-15)6-10(11)12/h3-4,6-7,16H,1-2,5H2. The van der Waals surface area contributed by atoms with Crippen LogP contribution in [0, 0.1) is 11.5 Å². The third kappa shape index (κ3) is 2.47. The molecule has 4 nitrogen and oxygen atoms in total. The highest BCUT2D eigenvalue weighted by Gasteiger charge is 2.12. The van der Waals surface area contributed by atoms with Gasteiger partial charge in [-0.15, -0.1) is 16.9 Å². The van der Waals surface area contributed by atoms with Crippen molar-refractivity contribution < 1.29 is 9.53 Å². The summed E-state index contributed by atoms with van der Waals surface area (Å²) in [6.45, 7) is 0. The maximum Gasteiger partial charge on any atom is 0.292 e. The van der Waals surface area contributed by atoms with Gasteiger partial charge in [-0.05, 0) is 24.6 Å². The van der Waals surface area contributed by atoms with Crippen molar-refractivity contribution in [2.45, 2.75) is 12.8 Å². The zero-order chi connectivity index (χ0) is 13.0. The van der Waals surface area contributed by atoms with Gasteiger partial charge in [0.2, 0.25) is 0 Å². The first kappa shape index (κ1) is 12.5. The number of hydrogen-bond donors (Lipinski definition) is 1. The van der Waals surface area contributed by atoms with Gasteiger partial charge in [-0.1, -0.05) is 0 Å². The number of benzene rings is 1. The smallest absolute Gasteiger partial charge is 0.292 e. The van der Waals surface area contributed by atoms with Crippen molar-refractivity contribution >= 4 is 28.3 Å². The molecule has 0 aliphatic carbocycles. The van der Waals surface area contributed by atoms with Crippen LogP contribution < -0.4 is 4.74 Å². The quantitative estimate of drug-likeness (QED) is 0.511. The number of carbonyl (C=O) groups is 1. The van der Waals surface area contributed by atoms with E-state index >= 15 is 0 Å². The minimum atomic E-state index is 0.0380. The lowest BCUT2D eigenvalue weighted by atomic mass is 10.1. The van der Waals surface area contributed by atoms with E-state index in [4.69, 9.17) is 21.6 Å². The lowest BCUT2D eigenvalue weighted by molar-refractivity contribution is 0.0983. The van der Waals surface area contributed by atoms with Crippen molar-refractivity contribution in [2.24, 2.45) is 0 Å². The molecule has 0 aliphatic heterocycles. The number of rotatable bonds is 5. The van der Waals surface area contributed by atoms with Gasteiger partial charge < -0.3 is 9.72 Å². The Bertz CT molecular complexity index is 613. The molecule has 0 saturated heterocycles. The van der Waals surface area contributed by atoms with Crippen LogP contribution in [0.5, 0.6) is 5.75 Å². The Morgan fingerprint density at radius 1 is 1.50 bits per heavy atom. The fourth-order valence-corrected chi connectivity index (χ4v) is 1.94. The molecule has 18 heavy (non-hydrogen) atoms. The number of aromatic amines is 1. The van der Waals surface area contributed by atoms with Gasteiger partial charge in [0.25, 0.3) is 6.26 Å². The van der Waals surface area contributed by atoms with Gasteiger partial charge in [-0.2, -0.15) is 0 Å². The highest BCUT2D eigenvalue weighted by Crippen LogP contribution is 2.24. The van der Waals surface area contributed by atoms with E-state index in [1.165, 1.54) is 0 Å². The molecule has 92 valence electrons. The fourth-order valence-electron chi connectivity index (χ4n) is 1.81. The van der Waals surface area contributed by atoms with E-state index < -0.39 is 0 Å². The van der Waals surface area contributed by atoms with Crippen LogP contribution in [-0.4, -0.2) is 16.6 Å². The summed E-state index contributed by atoms with van der Waals surface area (Å²) in [5.74, 6) is 0.934. The van der Waals surface area contributed by atoms with E-state index in [1.807, 2.05) is 0 Å². The monoisotopic (exact) mass is 262 g/mol. The topological polar surface area (TPSA) is 65.9 Å². The third-order valence-corrected chi connectivity index (χ3v) is 2.92. The minimum Gasteiger partial charge on any atom is -0.388 e. The molecule has 1 aromatic heterocycles. The number of H-pyrrole nitrogens is 1. The Kier molecular flexibility index (Phi) is 3.85. The van der Waals surface area contributed by atoms with E-state index in [-0.39, 0.29) is 5.78 Å². The van der Waals surface area contributed by atoms with E-state index in [2.05, 4.69) is 4.98 Å². The summed E-state index contributed by atoms with van der Waals surface area (Å²) in [4.78, 5) is 15.0. The number of nitrogens with one attached hydrogen (secondary N) is 1. The molecular formula is C13H11ClN2O2. The van der Waals surface area contributed by atoms with Gasteiger partial charge in [0.15, 0.2) is 5.78 Å². The average molecular weight is 263 g/mol. The SMILES string of the molecule is N#COc1ccc2[nH]cc(C(=O)CCCCl)c2c1. The number of nitriles is 1. The number of carbonyl (C=O) groups excluding carboxylic acids is 1. The molecule has 5 heteroatoms. The molecule has 0 unspecified atom stereocenters. The van der Waals surface area contributed by atoms with Gasteiger partial charge in [-0.25, -0.2) is 0 Å². The second-order valence-corrected chi connectivity index (χ2v) is 4.20. The molecule has 0 amide bonds. The minimum absolute atomic E-state index is 0.0380. The van der Waals surface area contributed by atoms with Crippen LogP contribution in [0.4, 0.5) is 0 Å². The zero-order valence-corrected chi connectivity index (χ0v) is 10.3. The second kappa shape index (κ2) is 5.56. The Labute approximate surface area is 109 Å². The first-order valence-corrected chi connectivity index (χ1v) is 6.06. The molecule has 2 rings (SSSR count). The number of Topliss-reactive ketones (excluding diaryl/α,β-unsaturated/α-hetero) is 1. The molecule has 0 spiro atoms. The van der Waals surface area contributed by atoms with Crippen molar-refractivity contribution in [1.82, 2.24) is 4.98 Å². The molecule has 1 N–H and O–H groups in total. The summed E-state index contributed by atoms with van der Waals surface area (Å²) in [6, 6.07) is 5.14. The first-order chi connectivity index (χ1) is 8.76. The number of ether oxygens (including phenoxy) is 1. The highest BCUT2D eigenvalue weighted by atomic mass is 35.5. The summed E-state index contributed by atoms with van der Waals surface area (Å²) < 4.78 is 4.76. The summed E-state index contributed by atoms with van der Waals surface area (Å²) in [5.41, 5.74) is 1.45. The second-order valence-electron chi connectivity index (χ2n) is 3.82. The predicted octanol–water partition coefficient (Wildman–Crippen LogP) is 3.23. The number of alkyl halides is 1. The van der Waals surface area contributed by atoms with Gasteiger partial charge in [0, 0.05) is 35.0 Å².